The number of aliphatic imine (C=N–C) groups is 1. The number of methoxy groups -OCH3 is 1. The van der Waals surface area contributed by atoms with Crippen LogP contribution >= 0.6 is 24.0 Å². The van der Waals surface area contributed by atoms with Crippen LogP contribution in [0.4, 0.5) is 9.18 Å². The van der Waals surface area contributed by atoms with E-state index in [2.05, 4.69) is 10.3 Å². The van der Waals surface area contributed by atoms with Crippen molar-refractivity contribution in [2.45, 2.75) is 31.9 Å². The SMILES string of the molecule is CCOC(=O)N1CCC(NC(N)=NCC(OC)c2ccc(F)cc2)CC1.I. The Morgan fingerprint density at radius 3 is 2.56 bits per heavy atom. The molecule has 1 heterocycles. The largest absolute Gasteiger partial charge is 0.450 e. The van der Waals surface area contributed by atoms with Gasteiger partial charge in [0, 0.05) is 26.2 Å². The zero-order valence-corrected chi connectivity index (χ0v) is 18.0. The lowest BCUT2D eigenvalue weighted by molar-refractivity contribution is 0.0962. The van der Waals surface area contributed by atoms with Crippen LogP contribution in [0.3, 0.4) is 0 Å². The summed E-state index contributed by atoms with van der Waals surface area (Å²) in [6.07, 6.45) is 0.998. The van der Waals surface area contributed by atoms with E-state index >= 15 is 0 Å². The Balaban J connectivity index is 0.00000364. The number of rotatable bonds is 6. The van der Waals surface area contributed by atoms with Crippen LogP contribution < -0.4 is 11.1 Å². The first-order valence-electron chi connectivity index (χ1n) is 8.79. The predicted molar refractivity (Wildman–Crippen MR) is 113 cm³/mol. The summed E-state index contributed by atoms with van der Waals surface area (Å²) in [5.74, 6) is 0.0474. The maximum atomic E-state index is 13.0. The van der Waals surface area contributed by atoms with E-state index in [1.807, 2.05) is 0 Å². The average molecular weight is 494 g/mol. The molecule has 1 aromatic rings. The topological polar surface area (TPSA) is 89.2 Å². The second-order valence-corrected chi connectivity index (χ2v) is 6.11. The van der Waals surface area contributed by atoms with Crippen molar-refractivity contribution < 1.29 is 18.7 Å². The number of likely N-dealkylation sites (tertiary alicyclic amines) is 1. The molecule has 0 radical (unpaired) electrons. The number of guanidine groups is 1. The summed E-state index contributed by atoms with van der Waals surface area (Å²) in [7, 11) is 1.58. The number of hydrogen-bond acceptors (Lipinski definition) is 4. The lowest BCUT2D eigenvalue weighted by atomic mass is 10.1. The fourth-order valence-corrected chi connectivity index (χ4v) is 2.85. The van der Waals surface area contributed by atoms with Crippen LogP contribution in [0.5, 0.6) is 0 Å². The molecule has 1 amide bonds. The smallest absolute Gasteiger partial charge is 0.409 e. The number of nitrogens with one attached hydrogen (secondary N) is 1. The van der Waals surface area contributed by atoms with Gasteiger partial charge >= 0.3 is 6.09 Å². The van der Waals surface area contributed by atoms with E-state index in [1.54, 1.807) is 31.1 Å². The number of carbonyl (C=O) groups excluding carboxylic acids is 1. The molecule has 9 heteroatoms. The minimum Gasteiger partial charge on any atom is -0.450 e. The first-order valence-corrected chi connectivity index (χ1v) is 8.79. The first kappa shape index (κ1) is 23.4. The molecular weight excluding hydrogens is 466 g/mol. The third-order valence-electron chi connectivity index (χ3n) is 4.33. The van der Waals surface area contributed by atoms with Crippen molar-refractivity contribution in [3.05, 3.63) is 35.6 Å². The quantitative estimate of drug-likeness (QED) is 0.361. The van der Waals surface area contributed by atoms with Crippen molar-refractivity contribution in [3.63, 3.8) is 0 Å². The highest BCUT2D eigenvalue weighted by atomic mass is 127. The molecule has 0 bridgehead atoms. The Morgan fingerprint density at radius 2 is 2.00 bits per heavy atom. The maximum Gasteiger partial charge on any atom is 0.409 e. The van der Waals surface area contributed by atoms with Crippen molar-refractivity contribution >= 4 is 36.0 Å². The van der Waals surface area contributed by atoms with Gasteiger partial charge in [-0.1, -0.05) is 12.1 Å². The molecule has 152 valence electrons. The third-order valence-corrected chi connectivity index (χ3v) is 4.33. The first-order chi connectivity index (χ1) is 12.5. The number of carbonyl (C=O) groups is 1. The molecule has 0 aliphatic carbocycles. The van der Waals surface area contributed by atoms with Crippen LogP contribution in [0.25, 0.3) is 0 Å². The van der Waals surface area contributed by atoms with Gasteiger partial charge in [-0.2, -0.15) is 0 Å². The zero-order valence-electron chi connectivity index (χ0n) is 15.7. The van der Waals surface area contributed by atoms with Gasteiger partial charge in [-0.05, 0) is 37.5 Å². The lowest BCUT2D eigenvalue weighted by Gasteiger charge is -2.31. The van der Waals surface area contributed by atoms with Gasteiger partial charge in [0.05, 0.1) is 13.2 Å². The average Bonchev–Trinajstić information content (AvgIpc) is 2.64. The molecule has 1 fully saturated rings. The van der Waals surface area contributed by atoms with Crippen LogP contribution in [0, 0.1) is 5.82 Å². The minimum absolute atomic E-state index is 0. The number of ether oxygens (including phenoxy) is 2. The third kappa shape index (κ3) is 7.49. The molecule has 0 saturated carbocycles. The number of piperidine rings is 1. The van der Waals surface area contributed by atoms with Crippen LogP contribution in [0.1, 0.15) is 31.4 Å². The number of nitrogens with two attached hydrogens (primary N) is 1. The standard InChI is InChI=1S/C18H27FN4O3.HI/c1-3-26-18(24)23-10-8-15(9-11-23)22-17(20)21-12-16(25-2)13-4-6-14(19)7-5-13;/h4-7,15-16H,3,8-12H2,1-2H3,(H3,20,21,22);1H. The Morgan fingerprint density at radius 1 is 1.37 bits per heavy atom. The number of nitrogens with zero attached hydrogens (tertiary/aromatic N) is 2. The van der Waals surface area contributed by atoms with E-state index in [1.165, 1.54) is 12.1 Å². The summed E-state index contributed by atoms with van der Waals surface area (Å²) in [5, 5.41) is 3.18. The minimum atomic E-state index is -0.290. The van der Waals surface area contributed by atoms with Gasteiger partial charge in [0.25, 0.3) is 0 Å². The highest BCUT2D eigenvalue weighted by Crippen LogP contribution is 2.17. The molecule has 1 aliphatic rings. The van der Waals surface area contributed by atoms with Crippen molar-refractivity contribution in [1.82, 2.24) is 10.2 Å². The van der Waals surface area contributed by atoms with Crippen molar-refractivity contribution in [3.8, 4) is 0 Å². The second kappa shape index (κ2) is 12.0. The van der Waals surface area contributed by atoms with Crippen LogP contribution in [0.15, 0.2) is 29.3 Å². The summed E-state index contributed by atoms with van der Waals surface area (Å²) >= 11 is 0. The van der Waals surface area contributed by atoms with Crippen LogP contribution in [-0.4, -0.2) is 56.3 Å². The fraction of sp³-hybridized carbons (Fsp3) is 0.556. The van der Waals surface area contributed by atoms with E-state index in [4.69, 9.17) is 15.2 Å². The Labute approximate surface area is 176 Å². The molecule has 1 aromatic carbocycles. The molecule has 27 heavy (non-hydrogen) atoms. The number of halogens is 2. The molecule has 0 spiro atoms. The molecule has 0 aromatic heterocycles. The normalized spacial score (nSPS) is 16.4. The summed E-state index contributed by atoms with van der Waals surface area (Å²) in [6.45, 7) is 3.76. The molecule has 7 nitrogen and oxygen atoms in total. The van der Waals surface area contributed by atoms with E-state index < -0.39 is 0 Å². The van der Waals surface area contributed by atoms with Gasteiger partial charge in [0.15, 0.2) is 5.96 Å². The van der Waals surface area contributed by atoms with Gasteiger partial charge < -0.3 is 25.4 Å². The lowest BCUT2D eigenvalue weighted by Crippen LogP contribution is -2.48. The highest BCUT2D eigenvalue weighted by Gasteiger charge is 2.23. The van der Waals surface area contributed by atoms with Crippen molar-refractivity contribution in [2.24, 2.45) is 10.7 Å². The van der Waals surface area contributed by atoms with Crippen molar-refractivity contribution in [2.75, 3.05) is 33.4 Å². The van der Waals surface area contributed by atoms with E-state index in [9.17, 15) is 9.18 Å². The summed E-state index contributed by atoms with van der Waals surface area (Å²) in [6, 6.07) is 6.30. The molecule has 1 unspecified atom stereocenters. The summed E-state index contributed by atoms with van der Waals surface area (Å²) < 4.78 is 23.4. The molecule has 1 aliphatic heterocycles. The molecule has 3 N–H and O–H groups in total. The summed E-state index contributed by atoms with van der Waals surface area (Å²) in [4.78, 5) is 17.7. The number of hydrogen-bond donors (Lipinski definition) is 2. The Kier molecular flexibility index (Phi) is 10.4. The number of benzene rings is 1. The molecule has 1 atom stereocenters. The zero-order chi connectivity index (χ0) is 18.9. The van der Waals surface area contributed by atoms with Crippen LogP contribution in [0.2, 0.25) is 0 Å². The van der Waals surface area contributed by atoms with Crippen LogP contribution in [-0.2, 0) is 9.47 Å². The Hall–Kier alpha value is -1.62. The number of amides is 1. The van der Waals surface area contributed by atoms with E-state index in [0.717, 1.165) is 18.4 Å². The maximum absolute atomic E-state index is 13.0. The van der Waals surface area contributed by atoms with E-state index in [0.29, 0.717) is 32.2 Å². The van der Waals surface area contributed by atoms with Gasteiger partial charge in [-0.15, -0.1) is 24.0 Å². The molecule has 1 saturated heterocycles. The fourth-order valence-electron chi connectivity index (χ4n) is 2.85. The molecule has 2 rings (SSSR count). The van der Waals surface area contributed by atoms with Gasteiger partial charge in [0.1, 0.15) is 11.9 Å². The predicted octanol–water partition coefficient (Wildman–Crippen LogP) is 2.66. The van der Waals surface area contributed by atoms with Crippen molar-refractivity contribution in [1.29, 1.82) is 0 Å². The van der Waals surface area contributed by atoms with Gasteiger partial charge in [-0.3, -0.25) is 4.99 Å². The molecular formula is C18H28FIN4O3. The monoisotopic (exact) mass is 494 g/mol. The second-order valence-electron chi connectivity index (χ2n) is 6.11. The summed E-state index contributed by atoms with van der Waals surface area (Å²) in [5.41, 5.74) is 6.81. The van der Waals surface area contributed by atoms with Gasteiger partial charge in [-0.25, -0.2) is 9.18 Å². The van der Waals surface area contributed by atoms with Gasteiger partial charge in [0.2, 0.25) is 0 Å². The van der Waals surface area contributed by atoms with E-state index in [-0.39, 0.29) is 48.0 Å². The Bertz CT molecular complexity index is 607. The highest BCUT2D eigenvalue weighted by molar-refractivity contribution is 14.0.